The summed E-state index contributed by atoms with van der Waals surface area (Å²) in [5.41, 5.74) is 7.46. The molecule has 2 aromatic rings. The highest BCUT2D eigenvalue weighted by Gasteiger charge is 2.11. The van der Waals surface area contributed by atoms with Crippen molar-refractivity contribution in [3.8, 4) is 0 Å². The van der Waals surface area contributed by atoms with E-state index in [2.05, 4.69) is 15.9 Å². The third-order valence-corrected chi connectivity index (χ3v) is 3.09. The van der Waals surface area contributed by atoms with E-state index in [0.29, 0.717) is 11.3 Å². The van der Waals surface area contributed by atoms with Gasteiger partial charge in [-0.2, -0.15) is 0 Å². The van der Waals surface area contributed by atoms with E-state index in [-0.39, 0.29) is 18.0 Å². The number of carbonyl (C=O) groups is 1. The van der Waals surface area contributed by atoms with Gasteiger partial charge in [0.1, 0.15) is 5.82 Å². The summed E-state index contributed by atoms with van der Waals surface area (Å²) in [6.07, 6.45) is 0.209. The molecule has 0 fully saturated rings. The van der Waals surface area contributed by atoms with Crippen molar-refractivity contribution >= 4 is 27.4 Å². The molecule has 0 saturated heterocycles. The normalized spacial score (nSPS) is 10.3. The Bertz CT molecular complexity index is 581. The number of nitrogens with two attached hydrogens (primary N) is 1. The van der Waals surface area contributed by atoms with Crippen LogP contribution in [0.3, 0.4) is 0 Å². The van der Waals surface area contributed by atoms with E-state index in [1.54, 1.807) is 30.3 Å². The molecule has 92 valence electrons. The van der Waals surface area contributed by atoms with E-state index >= 15 is 0 Å². The van der Waals surface area contributed by atoms with Crippen LogP contribution < -0.4 is 5.73 Å². The molecule has 0 aromatic heterocycles. The highest BCUT2D eigenvalue weighted by Crippen LogP contribution is 2.20. The van der Waals surface area contributed by atoms with Gasteiger partial charge in [0.25, 0.3) is 0 Å². The molecular formula is C14H11BrFNO. The molecule has 0 radical (unpaired) electrons. The molecule has 0 aliphatic heterocycles. The lowest BCUT2D eigenvalue weighted by Gasteiger charge is -2.05. The number of ketones is 1. The van der Waals surface area contributed by atoms with Crippen molar-refractivity contribution < 1.29 is 9.18 Å². The lowest BCUT2D eigenvalue weighted by molar-refractivity contribution is 0.0993. The van der Waals surface area contributed by atoms with Crippen LogP contribution in [0.1, 0.15) is 15.9 Å². The second-order valence-electron chi connectivity index (χ2n) is 3.96. The predicted molar refractivity (Wildman–Crippen MR) is 73.0 cm³/mol. The van der Waals surface area contributed by atoms with Crippen molar-refractivity contribution in [2.45, 2.75) is 6.42 Å². The number of hydrogen-bond acceptors (Lipinski definition) is 2. The molecule has 0 bridgehead atoms. The van der Waals surface area contributed by atoms with Gasteiger partial charge in [0.2, 0.25) is 0 Å². The topological polar surface area (TPSA) is 43.1 Å². The van der Waals surface area contributed by atoms with Crippen molar-refractivity contribution in [3.05, 3.63) is 63.9 Å². The van der Waals surface area contributed by atoms with Crippen molar-refractivity contribution in [3.63, 3.8) is 0 Å². The summed E-state index contributed by atoms with van der Waals surface area (Å²) in [7, 11) is 0. The fourth-order valence-corrected chi connectivity index (χ4v) is 2.01. The fraction of sp³-hybridized carbons (Fsp3) is 0.0714. The molecule has 0 aliphatic carbocycles. The fourth-order valence-electron chi connectivity index (χ4n) is 1.65. The molecule has 0 amide bonds. The number of benzene rings is 2. The molecule has 2 rings (SSSR count). The zero-order valence-corrected chi connectivity index (χ0v) is 11.1. The maximum absolute atomic E-state index is 12.8. The summed E-state index contributed by atoms with van der Waals surface area (Å²) >= 11 is 3.30. The Morgan fingerprint density at radius 2 is 1.83 bits per heavy atom. The van der Waals surface area contributed by atoms with Crippen LogP contribution in [0, 0.1) is 5.82 Å². The largest absolute Gasteiger partial charge is 0.398 e. The van der Waals surface area contributed by atoms with Gasteiger partial charge in [-0.25, -0.2) is 4.39 Å². The Hall–Kier alpha value is -1.68. The molecule has 0 unspecified atom stereocenters. The van der Waals surface area contributed by atoms with Crippen LogP contribution in [0.4, 0.5) is 10.1 Å². The van der Waals surface area contributed by atoms with Crippen LogP contribution in [-0.4, -0.2) is 5.78 Å². The van der Waals surface area contributed by atoms with Gasteiger partial charge in [0.05, 0.1) is 0 Å². The van der Waals surface area contributed by atoms with Gasteiger partial charge in [-0.15, -0.1) is 0 Å². The van der Waals surface area contributed by atoms with Gasteiger partial charge in [-0.3, -0.25) is 4.79 Å². The molecule has 0 heterocycles. The molecule has 4 heteroatoms. The van der Waals surface area contributed by atoms with Crippen molar-refractivity contribution in [1.29, 1.82) is 0 Å². The first-order valence-corrected chi connectivity index (χ1v) is 6.18. The number of halogens is 2. The van der Waals surface area contributed by atoms with E-state index in [4.69, 9.17) is 5.73 Å². The quantitative estimate of drug-likeness (QED) is 0.695. The summed E-state index contributed by atoms with van der Waals surface area (Å²) < 4.78 is 13.6. The number of rotatable bonds is 3. The lowest BCUT2D eigenvalue weighted by atomic mass is 10.0. The number of carbonyl (C=O) groups excluding carboxylic acids is 1. The first-order valence-electron chi connectivity index (χ1n) is 5.39. The van der Waals surface area contributed by atoms with Crippen LogP contribution >= 0.6 is 15.9 Å². The standard InChI is InChI=1S/C14H11BrFNO/c15-10-3-6-13(17)12(8-10)14(18)7-9-1-4-11(16)5-2-9/h1-6,8H,7,17H2. The summed E-state index contributed by atoms with van der Waals surface area (Å²) in [6.45, 7) is 0. The molecular weight excluding hydrogens is 297 g/mol. The molecule has 0 aliphatic rings. The van der Waals surface area contributed by atoms with Gasteiger partial charge in [-0.05, 0) is 35.9 Å². The predicted octanol–water partition coefficient (Wildman–Crippen LogP) is 3.60. The summed E-state index contributed by atoms with van der Waals surface area (Å²) in [5.74, 6) is -0.395. The summed E-state index contributed by atoms with van der Waals surface area (Å²) in [5, 5.41) is 0. The molecule has 2 N–H and O–H groups in total. The molecule has 0 atom stereocenters. The maximum atomic E-state index is 12.8. The van der Waals surface area contributed by atoms with E-state index in [1.165, 1.54) is 12.1 Å². The summed E-state index contributed by atoms with van der Waals surface area (Å²) in [6, 6.07) is 11.0. The second kappa shape index (κ2) is 5.31. The van der Waals surface area contributed by atoms with Crippen LogP contribution in [0.25, 0.3) is 0 Å². The molecule has 0 saturated carbocycles. The number of Topliss-reactive ketones (excluding diaryl/α,β-unsaturated/α-hetero) is 1. The Morgan fingerprint density at radius 1 is 1.17 bits per heavy atom. The van der Waals surface area contributed by atoms with Gasteiger partial charge in [-0.1, -0.05) is 28.1 Å². The smallest absolute Gasteiger partial charge is 0.169 e. The molecule has 18 heavy (non-hydrogen) atoms. The van der Waals surface area contributed by atoms with Gasteiger partial charge in [0, 0.05) is 22.1 Å². The van der Waals surface area contributed by atoms with Gasteiger partial charge < -0.3 is 5.73 Å². The minimum Gasteiger partial charge on any atom is -0.398 e. The molecule has 0 spiro atoms. The van der Waals surface area contributed by atoms with E-state index < -0.39 is 0 Å². The second-order valence-corrected chi connectivity index (χ2v) is 4.87. The van der Waals surface area contributed by atoms with Crippen LogP contribution in [0.15, 0.2) is 46.9 Å². The highest BCUT2D eigenvalue weighted by molar-refractivity contribution is 9.10. The minimum absolute atomic E-state index is 0.0830. The zero-order valence-electron chi connectivity index (χ0n) is 9.49. The SMILES string of the molecule is Nc1ccc(Br)cc1C(=O)Cc1ccc(F)cc1. The summed E-state index contributed by atoms with van der Waals surface area (Å²) in [4.78, 5) is 12.1. The van der Waals surface area contributed by atoms with E-state index in [0.717, 1.165) is 10.0 Å². The van der Waals surface area contributed by atoms with Crippen molar-refractivity contribution in [1.82, 2.24) is 0 Å². The minimum atomic E-state index is -0.312. The van der Waals surface area contributed by atoms with Gasteiger partial charge >= 0.3 is 0 Å². The lowest BCUT2D eigenvalue weighted by Crippen LogP contribution is -2.07. The molecule has 2 aromatic carbocycles. The number of hydrogen-bond donors (Lipinski definition) is 1. The average molecular weight is 308 g/mol. The van der Waals surface area contributed by atoms with Crippen LogP contribution in [-0.2, 0) is 6.42 Å². The zero-order chi connectivity index (χ0) is 13.1. The number of anilines is 1. The Morgan fingerprint density at radius 3 is 2.50 bits per heavy atom. The van der Waals surface area contributed by atoms with Crippen LogP contribution in [0.2, 0.25) is 0 Å². The Balaban J connectivity index is 2.21. The van der Waals surface area contributed by atoms with E-state index in [1.807, 2.05) is 0 Å². The first-order chi connectivity index (χ1) is 8.56. The Kier molecular flexibility index (Phi) is 3.77. The average Bonchev–Trinajstić information content (AvgIpc) is 2.35. The van der Waals surface area contributed by atoms with Gasteiger partial charge in [0.15, 0.2) is 5.78 Å². The van der Waals surface area contributed by atoms with E-state index in [9.17, 15) is 9.18 Å². The highest BCUT2D eigenvalue weighted by atomic mass is 79.9. The first kappa shape index (κ1) is 12.8. The number of nitrogen functional groups attached to an aromatic ring is 1. The van der Waals surface area contributed by atoms with Crippen molar-refractivity contribution in [2.75, 3.05) is 5.73 Å². The van der Waals surface area contributed by atoms with Crippen molar-refractivity contribution in [2.24, 2.45) is 0 Å². The monoisotopic (exact) mass is 307 g/mol. The third kappa shape index (κ3) is 2.96. The van der Waals surface area contributed by atoms with Crippen LogP contribution in [0.5, 0.6) is 0 Å². The Labute approximate surface area is 113 Å². The molecule has 2 nitrogen and oxygen atoms in total. The maximum Gasteiger partial charge on any atom is 0.169 e. The third-order valence-electron chi connectivity index (χ3n) is 2.59.